The Kier molecular flexibility index (Phi) is 11.2. The van der Waals surface area contributed by atoms with Crippen LogP contribution in [0.1, 0.15) is 47.5 Å². The van der Waals surface area contributed by atoms with Crippen molar-refractivity contribution in [2.45, 2.75) is 53.1 Å². The zero-order chi connectivity index (χ0) is 12.3. The molecule has 0 aliphatic rings. The van der Waals surface area contributed by atoms with Crippen LogP contribution in [0.3, 0.4) is 0 Å². The number of hydrogen-bond donors (Lipinski definition) is 0. The van der Waals surface area contributed by atoms with Gasteiger partial charge in [0, 0.05) is 14.1 Å². The summed E-state index contributed by atoms with van der Waals surface area (Å²) < 4.78 is 5.36. The first kappa shape index (κ1) is 16.8. The highest BCUT2D eigenvalue weighted by Gasteiger charge is 2.07. The average molecular weight is 216 g/mol. The van der Waals surface area contributed by atoms with E-state index in [0.717, 1.165) is 0 Å². The Hall–Kier alpha value is -0.570. The smallest absolute Gasteiger partial charge is 0.139 e. The zero-order valence-corrected chi connectivity index (χ0v) is 11.5. The summed E-state index contributed by atoms with van der Waals surface area (Å²) in [5.41, 5.74) is -0.0936. The fraction of sp³-hybridized carbons (Fsp3) is 0.917. The van der Waals surface area contributed by atoms with E-state index in [9.17, 15) is 0 Å². The normalized spacial score (nSPS) is 11.1. The Labute approximate surface area is 95.5 Å². The lowest BCUT2D eigenvalue weighted by Gasteiger charge is -2.17. The molecular weight excluding hydrogens is 188 g/mol. The van der Waals surface area contributed by atoms with Crippen LogP contribution in [0.15, 0.2) is 4.99 Å². The van der Waals surface area contributed by atoms with Crippen LogP contribution in [0, 0.1) is 0 Å². The fourth-order valence-corrected chi connectivity index (χ4v) is 0.428. The Morgan fingerprint density at radius 3 is 1.87 bits per heavy atom. The largest absolute Gasteiger partial charge is 0.369 e. The Bertz CT molecular complexity index is 146. The van der Waals surface area contributed by atoms with Crippen molar-refractivity contribution < 1.29 is 4.74 Å². The van der Waals surface area contributed by atoms with Gasteiger partial charge in [-0.15, -0.1) is 0 Å². The molecule has 0 unspecified atom stereocenters. The SMILES string of the molecule is CCCC.CN(C)C=NCOC(C)(C)C. The van der Waals surface area contributed by atoms with Gasteiger partial charge in [-0.25, -0.2) is 4.99 Å². The molecule has 0 N–H and O–H groups in total. The summed E-state index contributed by atoms with van der Waals surface area (Å²) >= 11 is 0. The third-order valence-electron chi connectivity index (χ3n) is 1.38. The van der Waals surface area contributed by atoms with Crippen molar-refractivity contribution in [1.29, 1.82) is 0 Å². The minimum Gasteiger partial charge on any atom is -0.369 e. The maximum Gasteiger partial charge on any atom is 0.139 e. The van der Waals surface area contributed by atoms with Gasteiger partial charge in [-0.1, -0.05) is 26.7 Å². The molecule has 0 rings (SSSR count). The van der Waals surface area contributed by atoms with Crippen molar-refractivity contribution in [3.8, 4) is 0 Å². The van der Waals surface area contributed by atoms with E-state index in [1.54, 1.807) is 6.34 Å². The maximum absolute atomic E-state index is 5.36. The van der Waals surface area contributed by atoms with Crippen molar-refractivity contribution in [3.05, 3.63) is 0 Å². The Morgan fingerprint density at radius 2 is 1.60 bits per heavy atom. The quantitative estimate of drug-likeness (QED) is 0.532. The highest BCUT2D eigenvalue weighted by atomic mass is 16.5. The van der Waals surface area contributed by atoms with Crippen LogP contribution in [0.4, 0.5) is 0 Å². The van der Waals surface area contributed by atoms with Gasteiger partial charge in [-0.05, 0) is 20.8 Å². The molecule has 0 aromatic rings. The molecule has 0 saturated heterocycles. The molecule has 0 amide bonds. The van der Waals surface area contributed by atoms with Crippen molar-refractivity contribution in [2.75, 3.05) is 20.8 Å². The van der Waals surface area contributed by atoms with E-state index in [0.29, 0.717) is 6.73 Å². The van der Waals surface area contributed by atoms with Crippen molar-refractivity contribution in [3.63, 3.8) is 0 Å². The minimum atomic E-state index is -0.0936. The molecule has 0 bridgehead atoms. The number of unbranched alkanes of at least 4 members (excludes halogenated alkanes) is 1. The van der Waals surface area contributed by atoms with Crippen LogP contribution in [0.25, 0.3) is 0 Å². The molecule has 0 spiro atoms. The van der Waals surface area contributed by atoms with Crippen LogP contribution in [-0.4, -0.2) is 37.7 Å². The van der Waals surface area contributed by atoms with Crippen LogP contribution in [0.2, 0.25) is 0 Å². The second-order valence-corrected chi connectivity index (χ2v) is 4.65. The summed E-state index contributed by atoms with van der Waals surface area (Å²) in [7, 11) is 3.86. The highest BCUT2D eigenvalue weighted by Crippen LogP contribution is 2.05. The number of aliphatic imine (C=N–C) groups is 1. The first-order valence-electron chi connectivity index (χ1n) is 5.63. The lowest BCUT2D eigenvalue weighted by molar-refractivity contribution is 0.00192. The molecule has 0 aliphatic carbocycles. The van der Waals surface area contributed by atoms with Gasteiger partial charge >= 0.3 is 0 Å². The second-order valence-electron chi connectivity index (χ2n) is 4.65. The van der Waals surface area contributed by atoms with E-state index in [1.165, 1.54) is 12.8 Å². The van der Waals surface area contributed by atoms with E-state index >= 15 is 0 Å². The molecule has 0 aromatic heterocycles. The minimum absolute atomic E-state index is 0.0936. The predicted octanol–water partition coefficient (Wildman–Crippen LogP) is 3.16. The van der Waals surface area contributed by atoms with E-state index in [1.807, 2.05) is 39.8 Å². The number of nitrogens with zero attached hydrogens (tertiary/aromatic N) is 2. The molecule has 0 radical (unpaired) electrons. The van der Waals surface area contributed by atoms with Crippen molar-refractivity contribution in [2.24, 2.45) is 4.99 Å². The van der Waals surface area contributed by atoms with Crippen molar-refractivity contribution in [1.82, 2.24) is 4.90 Å². The third kappa shape index (κ3) is 24.7. The van der Waals surface area contributed by atoms with Crippen LogP contribution < -0.4 is 0 Å². The summed E-state index contributed by atoms with van der Waals surface area (Å²) in [6, 6.07) is 0. The zero-order valence-electron chi connectivity index (χ0n) is 11.5. The van der Waals surface area contributed by atoms with Gasteiger partial charge in [0.05, 0.1) is 11.9 Å². The molecule has 92 valence electrons. The molecule has 0 heterocycles. The summed E-state index contributed by atoms with van der Waals surface area (Å²) in [6.07, 6.45) is 4.38. The van der Waals surface area contributed by atoms with Gasteiger partial charge < -0.3 is 9.64 Å². The summed E-state index contributed by atoms with van der Waals surface area (Å²) in [5.74, 6) is 0. The van der Waals surface area contributed by atoms with Gasteiger partial charge in [-0.3, -0.25) is 0 Å². The number of ether oxygens (including phenoxy) is 1. The third-order valence-corrected chi connectivity index (χ3v) is 1.38. The maximum atomic E-state index is 5.36. The van der Waals surface area contributed by atoms with Gasteiger partial charge in [0.15, 0.2) is 0 Å². The summed E-state index contributed by atoms with van der Waals surface area (Å²) in [4.78, 5) is 5.92. The van der Waals surface area contributed by atoms with Gasteiger partial charge in [-0.2, -0.15) is 0 Å². The van der Waals surface area contributed by atoms with Crippen LogP contribution in [0.5, 0.6) is 0 Å². The lowest BCUT2D eigenvalue weighted by Crippen LogP contribution is -2.19. The molecule has 15 heavy (non-hydrogen) atoms. The van der Waals surface area contributed by atoms with E-state index in [2.05, 4.69) is 18.8 Å². The first-order chi connectivity index (χ1) is 6.83. The molecule has 3 nitrogen and oxygen atoms in total. The summed E-state index contributed by atoms with van der Waals surface area (Å²) in [6.45, 7) is 10.8. The van der Waals surface area contributed by atoms with Crippen LogP contribution in [-0.2, 0) is 4.74 Å². The second kappa shape index (κ2) is 9.97. The first-order valence-corrected chi connectivity index (χ1v) is 5.63. The molecular formula is C12H28N2O. The fourth-order valence-electron chi connectivity index (χ4n) is 0.428. The average Bonchev–Trinajstić information content (AvgIpc) is 2.11. The number of rotatable bonds is 4. The van der Waals surface area contributed by atoms with Gasteiger partial charge in [0.25, 0.3) is 0 Å². The molecule has 3 heteroatoms. The molecule has 0 saturated carbocycles. The van der Waals surface area contributed by atoms with Gasteiger partial charge in [0.2, 0.25) is 0 Å². The Balaban J connectivity index is 0. The predicted molar refractivity (Wildman–Crippen MR) is 68.5 cm³/mol. The van der Waals surface area contributed by atoms with E-state index in [4.69, 9.17) is 4.74 Å². The molecule has 0 atom stereocenters. The highest BCUT2D eigenvalue weighted by molar-refractivity contribution is 5.53. The Morgan fingerprint density at radius 1 is 1.13 bits per heavy atom. The topological polar surface area (TPSA) is 24.8 Å². The lowest BCUT2D eigenvalue weighted by atomic mass is 10.2. The molecule has 0 aliphatic heterocycles. The van der Waals surface area contributed by atoms with Crippen LogP contribution >= 0.6 is 0 Å². The molecule has 0 aromatic carbocycles. The monoisotopic (exact) mass is 216 g/mol. The molecule has 0 fully saturated rings. The number of hydrogen-bond acceptors (Lipinski definition) is 2. The van der Waals surface area contributed by atoms with E-state index in [-0.39, 0.29) is 5.60 Å². The standard InChI is InChI=1S/C8H18N2O.C4H10/c1-8(2,3)11-7-9-6-10(4)5;1-3-4-2/h6H,7H2,1-5H3;3-4H2,1-2H3. The summed E-state index contributed by atoms with van der Waals surface area (Å²) in [5, 5.41) is 0. The van der Waals surface area contributed by atoms with Gasteiger partial charge in [0.1, 0.15) is 6.73 Å². The van der Waals surface area contributed by atoms with Crippen molar-refractivity contribution >= 4 is 6.34 Å². The van der Waals surface area contributed by atoms with E-state index < -0.39 is 0 Å².